The minimum absolute atomic E-state index is 0.261. The van der Waals surface area contributed by atoms with Gasteiger partial charge in [-0.1, -0.05) is 50.7 Å². The number of rotatable bonds is 5. The van der Waals surface area contributed by atoms with E-state index in [2.05, 4.69) is 26.5 Å². The second kappa shape index (κ2) is 10.1. The van der Waals surface area contributed by atoms with Crippen molar-refractivity contribution in [3.05, 3.63) is 96.9 Å². The van der Waals surface area contributed by atoms with Gasteiger partial charge in [-0.3, -0.25) is 4.79 Å². The molecule has 5 nitrogen and oxygen atoms in total. The van der Waals surface area contributed by atoms with Crippen molar-refractivity contribution in [3.8, 4) is 5.75 Å². The second-order valence-electron chi connectivity index (χ2n) is 5.91. The number of carbonyl (C=O) groups is 2. The van der Waals surface area contributed by atoms with Gasteiger partial charge in [0.15, 0.2) is 0 Å². The lowest BCUT2D eigenvalue weighted by molar-refractivity contribution is 0.0734. The molecule has 0 aromatic heterocycles. The SMILES string of the molecule is O=C(N/N=C/c1cc(Br)ccc1OC(=O)c1ccc(Cl)cc1)c1ccc(Cl)c(Cl)c1. The molecule has 0 aliphatic carbocycles. The average molecular weight is 527 g/mol. The Hall–Kier alpha value is -2.38. The zero-order chi connectivity index (χ0) is 21.7. The van der Waals surface area contributed by atoms with Crippen LogP contribution in [0.5, 0.6) is 5.75 Å². The fraction of sp³-hybridized carbons (Fsp3) is 0. The molecule has 0 spiro atoms. The average Bonchev–Trinajstić information content (AvgIpc) is 2.72. The van der Waals surface area contributed by atoms with Crippen molar-refractivity contribution in [3.63, 3.8) is 0 Å². The van der Waals surface area contributed by atoms with E-state index in [1.54, 1.807) is 42.5 Å². The van der Waals surface area contributed by atoms with Crippen molar-refractivity contribution in [1.82, 2.24) is 5.43 Å². The predicted octanol–water partition coefficient (Wildman–Crippen LogP) is 6.39. The van der Waals surface area contributed by atoms with E-state index < -0.39 is 11.9 Å². The number of nitrogens with zero attached hydrogens (tertiary/aromatic N) is 1. The summed E-state index contributed by atoms with van der Waals surface area (Å²) in [5.74, 6) is -0.756. The van der Waals surface area contributed by atoms with E-state index in [9.17, 15) is 9.59 Å². The molecule has 0 heterocycles. The highest BCUT2D eigenvalue weighted by molar-refractivity contribution is 9.10. The van der Waals surface area contributed by atoms with E-state index in [1.165, 1.54) is 24.4 Å². The Morgan fingerprint density at radius 1 is 0.900 bits per heavy atom. The maximum absolute atomic E-state index is 12.4. The molecule has 0 aliphatic heterocycles. The molecule has 152 valence electrons. The monoisotopic (exact) mass is 524 g/mol. The van der Waals surface area contributed by atoms with Gasteiger partial charge in [-0.2, -0.15) is 5.10 Å². The number of nitrogens with one attached hydrogen (secondary N) is 1. The van der Waals surface area contributed by atoms with Crippen molar-refractivity contribution in [2.75, 3.05) is 0 Å². The summed E-state index contributed by atoms with van der Waals surface area (Å²) in [6, 6.07) is 15.8. The Labute approximate surface area is 195 Å². The number of amides is 1. The number of hydrogen-bond donors (Lipinski definition) is 1. The molecule has 0 radical (unpaired) electrons. The molecule has 30 heavy (non-hydrogen) atoms. The molecule has 0 saturated carbocycles. The normalized spacial score (nSPS) is 10.8. The largest absolute Gasteiger partial charge is 0.422 e. The van der Waals surface area contributed by atoms with Gasteiger partial charge < -0.3 is 4.74 Å². The molecule has 0 atom stereocenters. The molecule has 3 rings (SSSR count). The number of halogens is 4. The molecule has 0 saturated heterocycles. The van der Waals surface area contributed by atoms with Gasteiger partial charge >= 0.3 is 5.97 Å². The van der Waals surface area contributed by atoms with E-state index in [0.717, 1.165) is 4.47 Å². The minimum Gasteiger partial charge on any atom is -0.422 e. The van der Waals surface area contributed by atoms with Crippen LogP contribution in [0.1, 0.15) is 26.3 Å². The molecule has 0 unspecified atom stereocenters. The van der Waals surface area contributed by atoms with Crippen LogP contribution in [0, 0.1) is 0 Å². The number of esters is 1. The standard InChI is InChI=1S/C21H12BrCl3N2O3/c22-15-4-8-19(30-21(29)12-1-5-16(23)6-2-12)14(9-15)11-26-27-20(28)13-3-7-17(24)18(25)10-13/h1-11H,(H,27,28)/b26-11+. The Morgan fingerprint density at radius 2 is 1.60 bits per heavy atom. The number of carbonyl (C=O) groups excluding carboxylic acids is 2. The molecule has 0 fully saturated rings. The first-order valence-corrected chi connectivity index (χ1v) is 10.3. The van der Waals surface area contributed by atoms with Gasteiger partial charge in [0.2, 0.25) is 0 Å². The van der Waals surface area contributed by atoms with Gasteiger partial charge in [-0.05, 0) is 60.7 Å². The Morgan fingerprint density at radius 3 is 2.30 bits per heavy atom. The molecule has 0 bridgehead atoms. The van der Waals surface area contributed by atoms with Crippen LogP contribution in [0.4, 0.5) is 0 Å². The lowest BCUT2D eigenvalue weighted by Crippen LogP contribution is -2.17. The summed E-state index contributed by atoms with van der Waals surface area (Å²) in [6.45, 7) is 0. The quantitative estimate of drug-likeness (QED) is 0.181. The second-order valence-corrected chi connectivity index (χ2v) is 8.07. The first kappa shape index (κ1) is 22.3. The molecule has 3 aromatic rings. The third kappa shape index (κ3) is 5.83. The Balaban J connectivity index is 1.74. The smallest absolute Gasteiger partial charge is 0.343 e. The number of ether oxygens (including phenoxy) is 1. The number of benzene rings is 3. The maximum Gasteiger partial charge on any atom is 0.343 e. The van der Waals surface area contributed by atoms with E-state index in [-0.39, 0.29) is 10.8 Å². The molecule has 1 amide bonds. The third-order valence-electron chi connectivity index (χ3n) is 3.81. The van der Waals surface area contributed by atoms with Crippen molar-refractivity contribution >= 4 is 68.8 Å². The third-order valence-corrected chi connectivity index (χ3v) is 5.29. The summed E-state index contributed by atoms with van der Waals surface area (Å²) in [7, 11) is 0. The van der Waals surface area contributed by atoms with Gasteiger partial charge in [0.05, 0.1) is 21.8 Å². The summed E-state index contributed by atoms with van der Waals surface area (Å²) >= 11 is 21.0. The van der Waals surface area contributed by atoms with E-state index in [4.69, 9.17) is 39.5 Å². The summed E-state index contributed by atoms with van der Waals surface area (Å²) < 4.78 is 6.20. The molecule has 3 aromatic carbocycles. The van der Waals surface area contributed by atoms with Crippen LogP contribution in [0.15, 0.2) is 70.2 Å². The van der Waals surface area contributed by atoms with E-state index >= 15 is 0 Å². The van der Waals surface area contributed by atoms with Crippen LogP contribution >= 0.6 is 50.7 Å². The van der Waals surface area contributed by atoms with E-state index in [0.29, 0.717) is 26.7 Å². The van der Waals surface area contributed by atoms with Gasteiger partial charge in [0.1, 0.15) is 5.75 Å². The van der Waals surface area contributed by atoms with Crippen LogP contribution in [-0.4, -0.2) is 18.1 Å². The Kier molecular flexibility index (Phi) is 7.50. The van der Waals surface area contributed by atoms with Crippen LogP contribution in [0.3, 0.4) is 0 Å². The first-order chi connectivity index (χ1) is 14.3. The highest BCUT2D eigenvalue weighted by Crippen LogP contribution is 2.24. The number of hydrazone groups is 1. The topological polar surface area (TPSA) is 67.8 Å². The lowest BCUT2D eigenvalue weighted by Gasteiger charge is -2.08. The summed E-state index contributed by atoms with van der Waals surface area (Å²) in [5, 5.41) is 5.05. The van der Waals surface area contributed by atoms with Crippen LogP contribution in [0.25, 0.3) is 0 Å². The highest BCUT2D eigenvalue weighted by atomic mass is 79.9. The molecular formula is C21H12BrCl3N2O3. The number of hydrogen-bond acceptors (Lipinski definition) is 4. The van der Waals surface area contributed by atoms with Gasteiger partial charge in [-0.15, -0.1) is 0 Å². The van der Waals surface area contributed by atoms with Crippen LogP contribution < -0.4 is 10.2 Å². The zero-order valence-electron chi connectivity index (χ0n) is 15.0. The van der Waals surface area contributed by atoms with Crippen LogP contribution in [0.2, 0.25) is 15.1 Å². The highest BCUT2D eigenvalue weighted by Gasteiger charge is 2.12. The summed E-state index contributed by atoms with van der Waals surface area (Å²) in [6.07, 6.45) is 1.37. The fourth-order valence-electron chi connectivity index (χ4n) is 2.32. The van der Waals surface area contributed by atoms with E-state index in [1.807, 2.05) is 0 Å². The molecule has 1 N–H and O–H groups in total. The van der Waals surface area contributed by atoms with Crippen molar-refractivity contribution in [2.24, 2.45) is 5.10 Å². The van der Waals surface area contributed by atoms with Crippen LogP contribution in [-0.2, 0) is 0 Å². The lowest BCUT2D eigenvalue weighted by atomic mass is 10.2. The van der Waals surface area contributed by atoms with Crippen molar-refractivity contribution in [2.45, 2.75) is 0 Å². The van der Waals surface area contributed by atoms with Gasteiger partial charge in [0.25, 0.3) is 5.91 Å². The molecule has 0 aliphatic rings. The first-order valence-electron chi connectivity index (χ1n) is 8.39. The fourth-order valence-corrected chi connectivity index (χ4v) is 3.12. The minimum atomic E-state index is -0.552. The summed E-state index contributed by atoms with van der Waals surface area (Å²) in [4.78, 5) is 24.6. The van der Waals surface area contributed by atoms with Gasteiger partial charge in [-0.25, -0.2) is 10.2 Å². The maximum atomic E-state index is 12.4. The molecular weight excluding hydrogens is 515 g/mol. The van der Waals surface area contributed by atoms with Crippen molar-refractivity contribution < 1.29 is 14.3 Å². The van der Waals surface area contributed by atoms with Gasteiger partial charge in [0, 0.05) is 20.6 Å². The predicted molar refractivity (Wildman–Crippen MR) is 122 cm³/mol. The van der Waals surface area contributed by atoms with Crippen molar-refractivity contribution in [1.29, 1.82) is 0 Å². The summed E-state index contributed by atoms with van der Waals surface area (Å²) in [5.41, 5.74) is 3.51. The zero-order valence-corrected chi connectivity index (χ0v) is 18.9. The Bertz CT molecular complexity index is 1130. The molecule has 9 heteroatoms.